The number of anilines is 3. The highest BCUT2D eigenvalue weighted by Crippen LogP contribution is 2.37. The number of alkyl halides is 3. The van der Waals surface area contributed by atoms with Gasteiger partial charge in [-0.3, -0.25) is 19.3 Å². The monoisotopic (exact) mass is 431 g/mol. The summed E-state index contributed by atoms with van der Waals surface area (Å²) in [6.45, 7) is 1.39. The number of nitrogens with one attached hydrogen (secondary N) is 1. The predicted octanol–water partition coefficient (Wildman–Crippen LogP) is 4.21. The Bertz CT molecular complexity index is 1030. The normalized spacial score (nSPS) is 16.9. The van der Waals surface area contributed by atoms with Gasteiger partial charge in [-0.2, -0.15) is 13.2 Å². The van der Waals surface area contributed by atoms with E-state index in [0.717, 1.165) is 29.9 Å². The lowest BCUT2D eigenvalue weighted by Crippen LogP contribution is -2.28. The molecule has 0 bridgehead atoms. The average Bonchev–Trinajstić information content (AvgIpc) is 3.37. The zero-order valence-corrected chi connectivity index (χ0v) is 16.5. The zero-order chi connectivity index (χ0) is 22.2. The Morgan fingerprint density at radius 2 is 1.61 bits per heavy atom. The molecule has 0 aliphatic carbocycles. The molecule has 3 amide bonds. The maximum absolute atomic E-state index is 13.2. The number of carbonyl (C=O) groups is 3. The Morgan fingerprint density at radius 3 is 2.26 bits per heavy atom. The van der Waals surface area contributed by atoms with Crippen molar-refractivity contribution in [1.29, 1.82) is 0 Å². The molecule has 0 atom stereocenters. The van der Waals surface area contributed by atoms with Crippen LogP contribution in [-0.4, -0.2) is 30.8 Å². The molecule has 0 unspecified atom stereocenters. The van der Waals surface area contributed by atoms with Crippen LogP contribution in [0.5, 0.6) is 0 Å². The van der Waals surface area contributed by atoms with Crippen LogP contribution in [0.4, 0.5) is 30.2 Å². The Balaban J connectivity index is 1.64. The Kier molecular flexibility index (Phi) is 5.43. The van der Waals surface area contributed by atoms with E-state index in [4.69, 9.17) is 0 Å². The molecule has 2 aliphatic heterocycles. The maximum Gasteiger partial charge on any atom is 0.416 e. The lowest BCUT2D eigenvalue weighted by atomic mass is 10.1. The second-order valence-corrected chi connectivity index (χ2v) is 7.55. The molecule has 0 saturated carbocycles. The van der Waals surface area contributed by atoms with E-state index in [-0.39, 0.29) is 41.6 Å². The summed E-state index contributed by atoms with van der Waals surface area (Å²) in [6, 6.07) is 9.25. The predicted molar refractivity (Wildman–Crippen MR) is 109 cm³/mol. The van der Waals surface area contributed by atoms with E-state index in [0.29, 0.717) is 18.8 Å². The van der Waals surface area contributed by atoms with Crippen LogP contribution >= 0.6 is 0 Å². The van der Waals surface area contributed by atoms with Crippen molar-refractivity contribution in [2.75, 3.05) is 28.2 Å². The molecule has 2 aliphatic rings. The van der Waals surface area contributed by atoms with Crippen molar-refractivity contribution in [2.24, 2.45) is 0 Å². The van der Waals surface area contributed by atoms with Gasteiger partial charge < -0.3 is 10.2 Å². The highest BCUT2D eigenvalue weighted by molar-refractivity contribution is 6.20. The number of rotatable bonds is 4. The first-order valence-corrected chi connectivity index (χ1v) is 9.97. The third-order valence-corrected chi connectivity index (χ3v) is 5.44. The van der Waals surface area contributed by atoms with Gasteiger partial charge in [0.1, 0.15) is 0 Å². The quantitative estimate of drug-likeness (QED) is 0.737. The molecule has 0 spiro atoms. The van der Waals surface area contributed by atoms with Crippen molar-refractivity contribution in [3.8, 4) is 0 Å². The largest absolute Gasteiger partial charge is 0.416 e. The van der Waals surface area contributed by atoms with Crippen molar-refractivity contribution in [2.45, 2.75) is 31.9 Å². The van der Waals surface area contributed by atoms with Crippen LogP contribution in [0, 0.1) is 0 Å². The first kappa shape index (κ1) is 20.9. The fourth-order valence-electron chi connectivity index (χ4n) is 3.89. The topological polar surface area (TPSA) is 69.7 Å². The van der Waals surface area contributed by atoms with Crippen LogP contribution in [0.25, 0.3) is 0 Å². The number of halogens is 3. The van der Waals surface area contributed by atoms with Crippen molar-refractivity contribution >= 4 is 34.8 Å². The van der Waals surface area contributed by atoms with Crippen molar-refractivity contribution < 1.29 is 27.6 Å². The van der Waals surface area contributed by atoms with Gasteiger partial charge in [0, 0.05) is 31.5 Å². The Morgan fingerprint density at radius 1 is 0.935 bits per heavy atom. The zero-order valence-electron chi connectivity index (χ0n) is 16.5. The molecule has 2 saturated heterocycles. The average molecular weight is 431 g/mol. The van der Waals surface area contributed by atoms with Gasteiger partial charge in [-0.05, 0) is 49.2 Å². The molecule has 2 fully saturated rings. The lowest BCUT2D eigenvalue weighted by Gasteiger charge is -2.23. The third kappa shape index (κ3) is 4.26. The number of hydrogen-bond acceptors (Lipinski definition) is 4. The van der Waals surface area contributed by atoms with Gasteiger partial charge in [-0.25, -0.2) is 0 Å². The molecule has 2 heterocycles. The summed E-state index contributed by atoms with van der Waals surface area (Å²) in [7, 11) is 0. The van der Waals surface area contributed by atoms with Gasteiger partial charge in [-0.15, -0.1) is 0 Å². The number of imide groups is 1. The van der Waals surface area contributed by atoms with Crippen LogP contribution in [0.2, 0.25) is 0 Å². The SMILES string of the molecule is O=C(Nc1cc(C(F)(F)F)ccc1N1CCCC1)c1cccc(N2C(=O)CCC2=O)c1. The highest BCUT2D eigenvalue weighted by Gasteiger charge is 2.33. The number of hydrogen-bond donors (Lipinski definition) is 1. The van der Waals surface area contributed by atoms with Gasteiger partial charge in [0.05, 0.1) is 22.6 Å². The van der Waals surface area contributed by atoms with Crippen LogP contribution in [0.15, 0.2) is 42.5 Å². The van der Waals surface area contributed by atoms with E-state index >= 15 is 0 Å². The van der Waals surface area contributed by atoms with Crippen molar-refractivity contribution in [3.05, 3.63) is 53.6 Å². The van der Waals surface area contributed by atoms with Crippen LogP contribution in [0.1, 0.15) is 41.6 Å². The molecule has 31 heavy (non-hydrogen) atoms. The molecule has 2 aromatic carbocycles. The number of benzene rings is 2. The van der Waals surface area contributed by atoms with E-state index in [2.05, 4.69) is 5.32 Å². The molecule has 0 aromatic heterocycles. The first-order valence-electron chi connectivity index (χ1n) is 9.97. The molecular weight excluding hydrogens is 411 g/mol. The van der Waals surface area contributed by atoms with Gasteiger partial charge in [0.15, 0.2) is 0 Å². The van der Waals surface area contributed by atoms with E-state index in [9.17, 15) is 27.6 Å². The standard InChI is InChI=1S/C22H20F3N3O3/c23-22(24,25)15-6-7-18(27-10-1-2-11-27)17(13-15)26-21(31)14-4-3-5-16(12-14)28-19(29)8-9-20(28)30/h3-7,12-13H,1-2,8-11H2,(H,26,31). The number of nitrogens with zero attached hydrogens (tertiary/aromatic N) is 2. The van der Waals surface area contributed by atoms with E-state index in [1.165, 1.54) is 30.3 Å². The molecule has 4 rings (SSSR count). The first-order chi connectivity index (χ1) is 14.7. The Labute approximate surface area is 176 Å². The summed E-state index contributed by atoms with van der Waals surface area (Å²) >= 11 is 0. The number of amides is 3. The maximum atomic E-state index is 13.2. The van der Waals surface area contributed by atoms with Crippen molar-refractivity contribution in [1.82, 2.24) is 0 Å². The molecule has 0 radical (unpaired) electrons. The van der Waals surface area contributed by atoms with E-state index in [1.807, 2.05) is 4.90 Å². The van der Waals surface area contributed by atoms with Crippen LogP contribution in [0.3, 0.4) is 0 Å². The van der Waals surface area contributed by atoms with Gasteiger partial charge in [0.25, 0.3) is 5.91 Å². The van der Waals surface area contributed by atoms with E-state index in [1.54, 1.807) is 0 Å². The molecule has 2 aromatic rings. The van der Waals surface area contributed by atoms with Gasteiger partial charge in [0.2, 0.25) is 11.8 Å². The minimum atomic E-state index is -4.54. The summed E-state index contributed by atoms with van der Waals surface area (Å²) in [5.74, 6) is -1.32. The summed E-state index contributed by atoms with van der Waals surface area (Å²) in [4.78, 5) is 39.8. The van der Waals surface area contributed by atoms with Gasteiger partial charge >= 0.3 is 6.18 Å². The number of carbonyl (C=O) groups excluding carboxylic acids is 3. The fourth-order valence-corrected chi connectivity index (χ4v) is 3.89. The van der Waals surface area contributed by atoms with Crippen molar-refractivity contribution in [3.63, 3.8) is 0 Å². The summed E-state index contributed by atoms with van der Waals surface area (Å²) in [5.41, 5.74) is 0.145. The van der Waals surface area contributed by atoms with E-state index < -0.39 is 17.6 Å². The summed E-state index contributed by atoms with van der Waals surface area (Å²) in [5, 5.41) is 2.59. The minimum absolute atomic E-state index is 0.0699. The lowest BCUT2D eigenvalue weighted by molar-refractivity contribution is -0.137. The fraction of sp³-hybridized carbons (Fsp3) is 0.318. The molecule has 1 N–H and O–H groups in total. The second kappa shape index (κ2) is 8.05. The molecular formula is C22H20F3N3O3. The second-order valence-electron chi connectivity index (χ2n) is 7.55. The summed E-state index contributed by atoms with van der Waals surface area (Å²) in [6.07, 6.45) is -2.47. The smallest absolute Gasteiger partial charge is 0.370 e. The Hall–Kier alpha value is -3.36. The summed E-state index contributed by atoms with van der Waals surface area (Å²) < 4.78 is 39.7. The van der Waals surface area contributed by atoms with Gasteiger partial charge in [-0.1, -0.05) is 6.07 Å². The third-order valence-electron chi connectivity index (χ3n) is 5.44. The molecule has 162 valence electrons. The molecule has 9 heteroatoms. The molecule has 6 nitrogen and oxygen atoms in total. The van der Waals surface area contributed by atoms with Crippen LogP contribution < -0.4 is 15.1 Å². The van der Waals surface area contributed by atoms with Crippen LogP contribution in [-0.2, 0) is 15.8 Å². The highest BCUT2D eigenvalue weighted by atomic mass is 19.4. The minimum Gasteiger partial charge on any atom is -0.370 e.